The Morgan fingerprint density at radius 2 is 2.05 bits per heavy atom. The molecular weight excluding hydrogens is 254 g/mol. The van der Waals surface area contributed by atoms with E-state index in [2.05, 4.69) is 6.92 Å². The van der Waals surface area contributed by atoms with Crippen molar-refractivity contribution in [3.05, 3.63) is 34.3 Å². The van der Waals surface area contributed by atoms with Gasteiger partial charge in [0.1, 0.15) is 0 Å². The van der Waals surface area contributed by atoms with E-state index in [0.717, 1.165) is 43.2 Å². The summed E-state index contributed by atoms with van der Waals surface area (Å²) in [4.78, 5) is 11.8. The first kappa shape index (κ1) is 14.9. The van der Waals surface area contributed by atoms with Crippen LogP contribution in [0.4, 0.5) is 0 Å². The van der Waals surface area contributed by atoms with Crippen molar-refractivity contribution >= 4 is 11.1 Å². The molecule has 1 N–H and O–H groups in total. The van der Waals surface area contributed by atoms with Gasteiger partial charge in [0.05, 0.1) is 11.6 Å². The molecule has 1 aromatic carbocycles. The molecule has 0 radical (unpaired) electrons. The maximum Gasteiger partial charge on any atom is 0.419 e. The second-order valence-corrected chi connectivity index (χ2v) is 5.26. The van der Waals surface area contributed by atoms with Crippen LogP contribution < -0.4 is 5.76 Å². The van der Waals surface area contributed by atoms with Crippen LogP contribution in [-0.4, -0.2) is 9.67 Å². The number of aliphatic hydroxyl groups excluding tert-OH is 1. The lowest BCUT2D eigenvalue weighted by molar-refractivity contribution is 0.163. The van der Waals surface area contributed by atoms with Crippen molar-refractivity contribution in [2.75, 3.05) is 0 Å². The zero-order valence-electron chi connectivity index (χ0n) is 12.3. The summed E-state index contributed by atoms with van der Waals surface area (Å²) < 4.78 is 6.91. The molecule has 4 heteroatoms. The summed E-state index contributed by atoms with van der Waals surface area (Å²) in [5.74, 6) is -0.320. The van der Waals surface area contributed by atoms with Crippen LogP contribution in [0.25, 0.3) is 11.1 Å². The normalized spacial score (nSPS) is 12.9. The third-order valence-electron chi connectivity index (χ3n) is 3.61. The molecule has 1 atom stereocenters. The number of rotatable bonds is 7. The van der Waals surface area contributed by atoms with E-state index < -0.39 is 6.10 Å². The van der Waals surface area contributed by atoms with Crippen molar-refractivity contribution in [3.63, 3.8) is 0 Å². The minimum atomic E-state index is -0.481. The smallest absolute Gasteiger partial charge is 0.408 e. The van der Waals surface area contributed by atoms with Gasteiger partial charge in [0.15, 0.2) is 5.58 Å². The maximum absolute atomic E-state index is 11.8. The first-order chi connectivity index (χ1) is 9.67. The summed E-state index contributed by atoms with van der Waals surface area (Å²) in [7, 11) is 0. The molecule has 0 saturated carbocycles. The van der Waals surface area contributed by atoms with Gasteiger partial charge in [0.25, 0.3) is 0 Å². The molecule has 0 spiro atoms. The Balaban J connectivity index is 2.23. The van der Waals surface area contributed by atoms with Gasteiger partial charge >= 0.3 is 5.76 Å². The molecule has 0 aliphatic heterocycles. The van der Waals surface area contributed by atoms with Gasteiger partial charge in [-0.25, -0.2) is 4.79 Å². The van der Waals surface area contributed by atoms with Gasteiger partial charge in [0, 0.05) is 6.54 Å². The fourth-order valence-corrected chi connectivity index (χ4v) is 2.48. The van der Waals surface area contributed by atoms with Gasteiger partial charge in [-0.05, 0) is 30.5 Å². The Hall–Kier alpha value is -1.55. The van der Waals surface area contributed by atoms with Crippen LogP contribution in [-0.2, 0) is 6.54 Å². The Bertz CT molecular complexity index is 612. The molecular formula is C16H23NO3. The number of fused-ring (bicyclic) bond motifs is 1. The Morgan fingerprint density at radius 3 is 2.75 bits per heavy atom. The predicted molar refractivity (Wildman–Crippen MR) is 79.9 cm³/mol. The molecule has 4 nitrogen and oxygen atoms in total. The van der Waals surface area contributed by atoms with E-state index in [-0.39, 0.29) is 5.76 Å². The number of aromatic nitrogens is 1. The van der Waals surface area contributed by atoms with Crippen LogP contribution in [0, 0.1) is 0 Å². The number of hydrogen-bond donors (Lipinski definition) is 1. The van der Waals surface area contributed by atoms with Crippen LogP contribution in [0.3, 0.4) is 0 Å². The van der Waals surface area contributed by atoms with E-state index in [1.807, 2.05) is 19.1 Å². The third-order valence-corrected chi connectivity index (χ3v) is 3.61. The molecule has 1 aromatic heterocycles. The molecule has 2 aromatic rings. The zero-order chi connectivity index (χ0) is 14.5. The van der Waals surface area contributed by atoms with Crippen molar-refractivity contribution < 1.29 is 9.52 Å². The van der Waals surface area contributed by atoms with Crippen molar-refractivity contribution in [2.45, 2.75) is 58.6 Å². The Morgan fingerprint density at radius 1 is 1.25 bits per heavy atom. The highest BCUT2D eigenvalue weighted by Gasteiger charge is 2.12. The van der Waals surface area contributed by atoms with Gasteiger partial charge < -0.3 is 9.52 Å². The summed E-state index contributed by atoms with van der Waals surface area (Å²) in [5.41, 5.74) is 2.20. The number of nitrogens with zero attached hydrogens (tertiary/aromatic N) is 1. The second-order valence-electron chi connectivity index (χ2n) is 5.26. The monoisotopic (exact) mass is 277 g/mol. The lowest BCUT2D eigenvalue weighted by Gasteiger charge is -2.10. The number of benzene rings is 1. The predicted octanol–water partition coefficient (Wildman–Crippen LogP) is 3.62. The highest BCUT2D eigenvalue weighted by atomic mass is 16.4. The van der Waals surface area contributed by atoms with E-state index in [0.29, 0.717) is 12.1 Å². The van der Waals surface area contributed by atoms with E-state index >= 15 is 0 Å². The van der Waals surface area contributed by atoms with Gasteiger partial charge in [-0.1, -0.05) is 39.2 Å². The first-order valence-electron chi connectivity index (χ1n) is 7.48. The minimum Gasteiger partial charge on any atom is -0.408 e. The number of aliphatic hydroxyl groups is 1. The molecule has 20 heavy (non-hydrogen) atoms. The molecule has 0 saturated heterocycles. The summed E-state index contributed by atoms with van der Waals surface area (Å²) in [6, 6.07) is 5.55. The largest absolute Gasteiger partial charge is 0.419 e. The number of hydrogen-bond acceptors (Lipinski definition) is 3. The minimum absolute atomic E-state index is 0.320. The lowest BCUT2D eigenvalue weighted by Crippen LogP contribution is -2.13. The molecule has 0 bridgehead atoms. The quantitative estimate of drug-likeness (QED) is 0.786. The number of unbranched alkanes of at least 4 members (excludes halogenated alkanes) is 2. The van der Waals surface area contributed by atoms with Crippen molar-refractivity contribution in [1.82, 2.24) is 4.57 Å². The number of oxazole rings is 1. The molecule has 0 fully saturated rings. The van der Waals surface area contributed by atoms with Gasteiger partial charge in [-0.3, -0.25) is 4.57 Å². The second kappa shape index (κ2) is 6.75. The van der Waals surface area contributed by atoms with Crippen LogP contribution in [0.2, 0.25) is 0 Å². The molecule has 0 amide bonds. The first-order valence-corrected chi connectivity index (χ1v) is 7.48. The van der Waals surface area contributed by atoms with Crippen LogP contribution in [0.15, 0.2) is 27.4 Å². The molecule has 0 aliphatic rings. The highest BCUT2D eigenvalue weighted by molar-refractivity contribution is 5.73. The third kappa shape index (κ3) is 3.12. The van der Waals surface area contributed by atoms with Gasteiger partial charge in [0.2, 0.25) is 0 Å². The van der Waals surface area contributed by atoms with Gasteiger partial charge in [-0.15, -0.1) is 0 Å². The van der Waals surface area contributed by atoms with Crippen LogP contribution in [0.5, 0.6) is 0 Å². The van der Waals surface area contributed by atoms with Gasteiger partial charge in [-0.2, -0.15) is 0 Å². The summed E-state index contributed by atoms with van der Waals surface area (Å²) in [5, 5.41) is 10.2. The SMILES string of the molecule is CCCCCC(O)c1ccc2c(c1)oc(=O)n2CCC. The molecule has 0 aliphatic carbocycles. The maximum atomic E-state index is 11.8. The highest BCUT2D eigenvalue weighted by Crippen LogP contribution is 2.23. The standard InChI is InChI=1S/C16H23NO3/c1-3-5-6-7-14(18)12-8-9-13-15(11-12)20-16(19)17(13)10-4-2/h8-9,11,14,18H,3-7,10H2,1-2H3. The Labute approximate surface area is 119 Å². The molecule has 1 heterocycles. The molecule has 1 unspecified atom stereocenters. The summed E-state index contributed by atoms with van der Waals surface area (Å²) in [6.07, 6.45) is 4.43. The van der Waals surface area contributed by atoms with Crippen molar-refractivity contribution in [2.24, 2.45) is 0 Å². The van der Waals surface area contributed by atoms with Crippen molar-refractivity contribution in [1.29, 1.82) is 0 Å². The van der Waals surface area contributed by atoms with Crippen LogP contribution in [0.1, 0.15) is 57.6 Å². The average molecular weight is 277 g/mol. The topological polar surface area (TPSA) is 55.4 Å². The fourth-order valence-electron chi connectivity index (χ4n) is 2.48. The fraction of sp³-hybridized carbons (Fsp3) is 0.562. The summed E-state index contributed by atoms with van der Waals surface area (Å²) >= 11 is 0. The van der Waals surface area contributed by atoms with E-state index in [4.69, 9.17) is 4.42 Å². The van der Waals surface area contributed by atoms with Crippen LogP contribution >= 0.6 is 0 Å². The number of aryl methyl sites for hydroxylation is 1. The van der Waals surface area contributed by atoms with Crippen molar-refractivity contribution in [3.8, 4) is 0 Å². The lowest BCUT2D eigenvalue weighted by atomic mass is 10.0. The zero-order valence-corrected chi connectivity index (χ0v) is 12.3. The average Bonchev–Trinajstić information content (AvgIpc) is 2.75. The van der Waals surface area contributed by atoms with E-state index in [9.17, 15) is 9.90 Å². The summed E-state index contributed by atoms with van der Waals surface area (Å²) in [6.45, 7) is 4.82. The Kier molecular flexibility index (Phi) is 5.01. The molecule has 2 rings (SSSR count). The van der Waals surface area contributed by atoms with E-state index in [1.165, 1.54) is 0 Å². The van der Waals surface area contributed by atoms with E-state index in [1.54, 1.807) is 10.6 Å². The molecule has 110 valence electrons.